The van der Waals surface area contributed by atoms with Crippen LogP contribution in [0.2, 0.25) is 0 Å². The summed E-state index contributed by atoms with van der Waals surface area (Å²) < 4.78 is 0. The van der Waals surface area contributed by atoms with Crippen molar-refractivity contribution in [2.75, 3.05) is 13.2 Å². The monoisotopic (exact) mass is 391 g/mol. The summed E-state index contributed by atoms with van der Waals surface area (Å²) in [6.45, 7) is 2.38. The predicted octanol–water partition coefficient (Wildman–Crippen LogP) is 2.33. The van der Waals surface area contributed by atoms with Crippen molar-refractivity contribution in [3.8, 4) is 0 Å². The Hall–Kier alpha value is -3.12. The van der Waals surface area contributed by atoms with Gasteiger partial charge in [0.2, 0.25) is 11.8 Å². The molecular weight excluding hydrogens is 366 g/mol. The second-order valence-electron chi connectivity index (χ2n) is 7.51. The molecule has 0 aliphatic carbocycles. The summed E-state index contributed by atoms with van der Waals surface area (Å²) in [5.74, 6) is -0.933. The van der Waals surface area contributed by atoms with Gasteiger partial charge >= 0.3 is 0 Å². The zero-order valence-corrected chi connectivity index (χ0v) is 16.4. The standard InChI is InChI=1S/C23H25N3O3/c1-15(16-7-3-2-4-8-16)22(28)25-21(14-27)23(29)26-12-11-18-17-9-5-6-10-19(17)24-20(18)13-26/h2-10,15,21,24,27H,11-14H2,1H3,(H,25,28). The highest BCUT2D eigenvalue weighted by molar-refractivity contribution is 5.91. The first-order valence-electron chi connectivity index (χ1n) is 9.92. The van der Waals surface area contributed by atoms with Gasteiger partial charge in [-0.3, -0.25) is 9.59 Å². The van der Waals surface area contributed by atoms with Gasteiger partial charge in [0, 0.05) is 23.1 Å². The molecule has 150 valence electrons. The van der Waals surface area contributed by atoms with Crippen molar-refractivity contribution in [1.82, 2.24) is 15.2 Å². The van der Waals surface area contributed by atoms with E-state index in [0.29, 0.717) is 13.1 Å². The van der Waals surface area contributed by atoms with Gasteiger partial charge in [-0.05, 0) is 30.5 Å². The van der Waals surface area contributed by atoms with E-state index in [1.807, 2.05) is 48.5 Å². The average Bonchev–Trinajstić information content (AvgIpc) is 3.14. The molecule has 3 N–H and O–H groups in total. The number of hydrogen-bond donors (Lipinski definition) is 3. The number of para-hydroxylation sites is 1. The molecule has 2 aromatic carbocycles. The minimum Gasteiger partial charge on any atom is -0.394 e. The number of aromatic nitrogens is 1. The molecule has 1 aromatic heterocycles. The van der Waals surface area contributed by atoms with Crippen LogP contribution >= 0.6 is 0 Å². The minimum absolute atomic E-state index is 0.259. The van der Waals surface area contributed by atoms with Crippen LogP contribution in [0.4, 0.5) is 0 Å². The van der Waals surface area contributed by atoms with Crippen LogP contribution in [0.5, 0.6) is 0 Å². The Morgan fingerprint density at radius 2 is 1.86 bits per heavy atom. The largest absolute Gasteiger partial charge is 0.394 e. The van der Waals surface area contributed by atoms with Crippen LogP contribution < -0.4 is 5.32 Å². The quantitative estimate of drug-likeness (QED) is 0.624. The van der Waals surface area contributed by atoms with Gasteiger partial charge in [-0.25, -0.2) is 0 Å². The summed E-state index contributed by atoms with van der Waals surface area (Å²) in [6, 6.07) is 16.6. The Kier molecular flexibility index (Phi) is 5.36. The topological polar surface area (TPSA) is 85.4 Å². The maximum Gasteiger partial charge on any atom is 0.247 e. The van der Waals surface area contributed by atoms with Crippen LogP contribution in [-0.4, -0.2) is 46.0 Å². The summed E-state index contributed by atoms with van der Waals surface area (Å²) in [5, 5.41) is 13.7. The molecule has 0 saturated carbocycles. The van der Waals surface area contributed by atoms with Crippen molar-refractivity contribution >= 4 is 22.7 Å². The lowest BCUT2D eigenvalue weighted by Crippen LogP contribution is -2.52. The zero-order valence-electron chi connectivity index (χ0n) is 16.4. The van der Waals surface area contributed by atoms with Crippen molar-refractivity contribution in [2.24, 2.45) is 0 Å². The predicted molar refractivity (Wildman–Crippen MR) is 111 cm³/mol. The third kappa shape index (κ3) is 3.76. The Labute approximate surface area is 169 Å². The lowest BCUT2D eigenvalue weighted by atomic mass is 10.00. The number of nitrogens with zero attached hydrogens (tertiary/aromatic N) is 1. The molecule has 2 heterocycles. The number of amides is 2. The minimum atomic E-state index is -0.945. The molecule has 0 radical (unpaired) electrons. The first kappa shape index (κ1) is 19.2. The van der Waals surface area contributed by atoms with E-state index in [2.05, 4.69) is 16.4 Å². The summed E-state index contributed by atoms with van der Waals surface area (Å²) in [6.07, 6.45) is 0.748. The molecule has 0 saturated heterocycles. The maximum atomic E-state index is 13.0. The SMILES string of the molecule is CC(C(=O)NC(CO)C(=O)N1CCc2c([nH]c3ccccc23)C1)c1ccccc1. The first-order valence-corrected chi connectivity index (χ1v) is 9.92. The van der Waals surface area contributed by atoms with Crippen LogP contribution in [0, 0.1) is 0 Å². The fourth-order valence-electron chi connectivity index (χ4n) is 3.98. The maximum absolute atomic E-state index is 13.0. The Bertz CT molecular complexity index is 1030. The van der Waals surface area contributed by atoms with Crippen LogP contribution in [-0.2, 0) is 22.6 Å². The number of rotatable bonds is 5. The number of carbonyl (C=O) groups is 2. The van der Waals surface area contributed by atoms with Gasteiger partial charge in [-0.1, -0.05) is 48.5 Å². The van der Waals surface area contributed by atoms with E-state index in [4.69, 9.17) is 0 Å². The van der Waals surface area contributed by atoms with E-state index in [9.17, 15) is 14.7 Å². The number of benzene rings is 2. The number of aliphatic hydroxyl groups is 1. The normalized spacial score (nSPS) is 15.6. The summed E-state index contributed by atoms with van der Waals surface area (Å²) >= 11 is 0. The zero-order chi connectivity index (χ0) is 20.4. The van der Waals surface area contributed by atoms with E-state index in [1.165, 1.54) is 10.9 Å². The molecular formula is C23H25N3O3. The molecule has 0 spiro atoms. The third-order valence-electron chi connectivity index (χ3n) is 5.68. The number of nitrogens with one attached hydrogen (secondary N) is 2. The van der Waals surface area contributed by atoms with Gasteiger partial charge in [0.15, 0.2) is 0 Å². The van der Waals surface area contributed by atoms with Gasteiger partial charge < -0.3 is 20.3 Å². The Balaban J connectivity index is 1.45. The molecule has 2 amide bonds. The van der Waals surface area contributed by atoms with Gasteiger partial charge in [0.05, 0.1) is 19.1 Å². The fourth-order valence-corrected chi connectivity index (χ4v) is 3.98. The van der Waals surface area contributed by atoms with Crippen LogP contribution in [0.25, 0.3) is 10.9 Å². The number of carbonyl (C=O) groups excluding carboxylic acids is 2. The highest BCUT2D eigenvalue weighted by atomic mass is 16.3. The first-order chi connectivity index (χ1) is 14.1. The average molecular weight is 391 g/mol. The van der Waals surface area contributed by atoms with E-state index in [1.54, 1.807) is 11.8 Å². The molecule has 1 aliphatic heterocycles. The van der Waals surface area contributed by atoms with E-state index >= 15 is 0 Å². The van der Waals surface area contributed by atoms with Crippen molar-refractivity contribution in [3.05, 3.63) is 71.4 Å². The van der Waals surface area contributed by atoms with Crippen LogP contribution in [0.1, 0.15) is 29.7 Å². The number of H-pyrrole nitrogens is 1. The molecule has 1 aliphatic rings. The van der Waals surface area contributed by atoms with Gasteiger partial charge in [-0.2, -0.15) is 0 Å². The highest BCUT2D eigenvalue weighted by Crippen LogP contribution is 2.27. The number of aromatic amines is 1. The second kappa shape index (κ2) is 8.09. The molecule has 2 atom stereocenters. The molecule has 4 rings (SSSR count). The number of fused-ring (bicyclic) bond motifs is 3. The second-order valence-corrected chi connectivity index (χ2v) is 7.51. The van der Waals surface area contributed by atoms with Crippen molar-refractivity contribution < 1.29 is 14.7 Å². The highest BCUT2D eigenvalue weighted by Gasteiger charge is 2.30. The molecule has 2 unspecified atom stereocenters. The van der Waals surface area contributed by atoms with Gasteiger partial charge in [0.25, 0.3) is 0 Å². The lowest BCUT2D eigenvalue weighted by Gasteiger charge is -2.30. The van der Waals surface area contributed by atoms with Crippen LogP contribution in [0.15, 0.2) is 54.6 Å². The molecule has 6 nitrogen and oxygen atoms in total. The molecule has 3 aromatic rings. The number of hydrogen-bond acceptors (Lipinski definition) is 3. The van der Waals surface area contributed by atoms with Crippen molar-refractivity contribution in [1.29, 1.82) is 0 Å². The van der Waals surface area contributed by atoms with Crippen LogP contribution in [0.3, 0.4) is 0 Å². The summed E-state index contributed by atoms with van der Waals surface area (Å²) in [4.78, 5) is 30.7. The Morgan fingerprint density at radius 1 is 1.14 bits per heavy atom. The molecule has 0 fully saturated rings. The van der Waals surface area contributed by atoms with E-state index in [-0.39, 0.29) is 11.8 Å². The van der Waals surface area contributed by atoms with Gasteiger partial charge in [-0.15, -0.1) is 0 Å². The number of aliphatic hydroxyl groups excluding tert-OH is 1. The van der Waals surface area contributed by atoms with E-state index in [0.717, 1.165) is 23.2 Å². The smallest absolute Gasteiger partial charge is 0.247 e. The third-order valence-corrected chi connectivity index (χ3v) is 5.68. The lowest BCUT2D eigenvalue weighted by molar-refractivity contribution is -0.138. The molecule has 6 heteroatoms. The molecule has 0 bridgehead atoms. The molecule has 29 heavy (non-hydrogen) atoms. The Morgan fingerprint density at radius 3 is 2.62 bits per heavy atom. The summed E-state index contributed by atoms with van der Waals surface area (Å²) in [5.41, 5.74) is 4.20. The summed E-state index contributed by atoms with van der Waals surface area (Å²) in [7, 11) is 0. The van der Waals surface area contributed by atoms with Crippen molar-refractivity contribution in [3.63, 3.8) is 0 Å². The van der Waals surface area contributed by atoms with E-state index < -0.39 is 18.6 Å². The van der Waals surface area contributed by atoms with Gasteiger partial charge in [0.1, 0.15) is 6.04 Å². The van der Waals surface area contributed by atoms with Crippen molar-refractivity contribution in [2.45, 2.75) is 31.8 Å². The fraction of sp³-hybridized carbons (Fsp3) is 0.304.